The number of pyridine rings is 1. The van der Waals surface area contributed by atoms with E-state index in [1.165, 1.54) is 24.8 Å². The summed E-state index contributed by atoms with van der Waals surface area (Å²) in [6.45, 7) is 9.41. The van der Waals surface area contributed by atoms with Gasteiger partial charge in [-0.25, -0.2) is 0 Å². The molecular weight excluding hydrogens is 230 g/mol. The average molecular weight is 257 g/mol. The maximum atomic E-state index is 4.24. The van der Waals surface area contributed by atoms with Gasteiger partial charge in [-0.2, -0.15) is 0 Å². The molecule has 2 rings (SSSR count). The summed E-state index contributed by atoms with van der Waals surface area (Å²) in [4.78, 5) is 4.24. The van der Waals surface area contributed by atoms with Crippen LogP contribution in [0.3, 0.4) is 0 Å². The molecule has 104 valence electrons. The molecule has 0 unspecified atom stereocenters. The molecule has 1 nitrogen and oxygen atoms in total. The predicted molar refractivity (Wildman–Crippen MR) is 82.1 cm³/mol. The molecule has 0 radical (unpaired) electrons. The van der Waals surface area contributed by atoms with Gasteiger partial charge in [0.05, 0.1) is 0 Å². The molecule has 1 aliphatic carbocycles. The van der Waals surface area contributed by atoms with Gasteiger partial charge in [0, 0.05) is 18.3 Å². The Bertz CT molecular complexity index is 419. The topological polar surface area (TPSA) is 12.9 Å². The molecule has 1 heteroatoms. The molecule has 1 saturated carbocycles. The number of hydrogen-bond donors (Lipinski definition) is 0. The zero-order valence-corrected chi connectivity index (χ0v) is 12.8. The first-order valence-electron chi connectivity index (χ1n) is 7.68. The molecule has 0 N–H and O–H groups in total. The van der Waals surface area contributed by atoms with Gasteiger partial charge < -0.3 is 0 Å². The molecule has 1 aromatic rings. The Kier molecular flexibility index (Phi) is 4.79. The molecule has 0 bridgehead atoms. The van der Waals surface area contributed by atoms with Crippen molar-refractivity contribution < 1.29 is 0 Å². The van der Waals surface area contributed by atoms with Crippen molar-refractivity contribution in [2.24, 2.45) is 17.8 Å². The van der Waals surface area contributed by atoms with Crippen molar-refractivity contribution in [1.82, 2.24) is 4.98 Å². The normalized spacial score (nSPS) is 27.7. The third-order valence-corrected chi connectivity index (χ3v) is 4.51. The van der Waals surface area contributed by atoms with Crippen molar-refractivity contribution in [2.45, 2.75) is 52.9 Å². The third kappa shape index (κ3) is 3.68. The Morgan fingerprint density at radius 3 is 2.68 bits per heavy atom. The fourth-order valence-electron chi connectivity index (χ4n) is 3.32. The lowest BCUT2D eigenvalue weighted by Gasteiger charge is -2.33. The van der Waals surface area contributed by atoms with Crippen LogP contribution in [0.15, 0.2) is 36.2 Å². The lowest BCUT2D eigenvalue weighted by molar-refractivity contribution is 0.306. The van der Waals surface area contributed by atoms with Gasteiger partial charge in [0.15, 0.2) is 0 Å². The molecule has 1 aliphatic rings. The fourth-order valence-corrected chi connectivity index (χ4v) is 3.32. The molecule has 0 aromatic carbocycles. The van der Waals surface area contributed by atoms with Crippen molar-refractivity contribution in [1.29, 1.82) is 0 Å². The second kappa shape index (κ2) is 6.36. The average Bonchev–Trinajstić information content (AvgIpc) is 2.39. The van der Waals surface area contributed by atoms with Crippen LogP contribution in [0.2, 0.25) is 0 Å². The monoisotopic (exact) mass is 257 g/mol. The summed E-state index contributed by atoms with van der Waals surface area (Å²) in [5.41, 5.74) is 3.01. The quantitative estimate of drug-likeness (QED) is 0.678. The van der Waals surface area contributed by atoms with Gasteiger partial charge in [0.2, 0.25) is 0 Å². The summed E-state index contributed by atoms with van der Waals surface area (Å²) < 4.78 is 0. The van der Waals surface area contributed by atoms with E-state index in [2.05, 4.69) is 44.8 Å². The molecule has 1 heterocycles. The second-order valence-electron chi connectivity index (χ2n) is 6.55. The van der Waals surface area contributed by atoms with E-state index in [1.807, 2.05) is 18.5 Å². The Morgan fingerprint density at radius 1 is 1.26 bits per heavy atom. The number of hydrogen-bond acceptors (Lipinski definition) is 1. The van der Waals surface area contributed by atoms with Crippen LogP contribution in [0.4, 0.5) is 0 Å². The van der Waals surface area contributed by atoms with Crippen molar-refractivity contribution in [3.63, 3.8) is 0 Å². The zero-order valence-electron chi connectivity index (χ0n) is 12.8. The van der Waals surface area contributed by atoms with Gasteiger partial charge >= 0.3 is 0 Å². The summed E-state index contributed by atoms with van der Waals surface area (Å²) in [7, 11) is 0. The van der Waals surface area contributed by atoms with Gasteiger partial charge in [-0.1, -0.05) is 45.4 Å². The van der Waals surface area contributed by atoms with Crippen LogP contribution < -0.4 is 0 Å². The first-order chi connectivity index (χ1) is 9.08. The predicted octanol–water partition coefficient (Wildman–Crippen LogP) is 5.20. The van der Waals surface area contributed by atoms with Crippen LogP contribution in [-0.4, -0.2) is 4.98 Å². The Balaban J connectivity index is 2.18. The lowest BCUT2D eigenvalue weighted by atomic mass is 9.73. The van der Waals surface area contributed by atoms with Crippen molar-refractivity contribution in [2.75, 3.05) is 0 Å². The zero-order chi connectivity index (χ0) is 13.8. The maximum Gasteiger partial charge on any atom is 0.0305 e. The summed E-state index contributed by atoms with van der Waals surface area (Å²) in [5.74, 6) is 2.88. The first kappa shape index (κ1) is 14.3. The standard InChI is InChI=1S/C18H27N/c1-13(2)18-8-7-14(3)10-17(18)11-15(4)16-6-5-9-19-12-16/h5-6,9,11-15,18H,7-8,10H2,1-4H3/b17-11+/t14-,15+,18+/m1/s1. The Hall–Kier alpha value is -1.11. The highest BCUT2D eigenvalue weighted by molar-refractivity contribution is 5.23. The molecule has 1 fully saturated rings. The highest BCUT2D eigenvalue weighted by atomic mass is 14.6. The van der Waals surface area contributed by atoms with Gasteiger partial charge in [0.25, 0.3) is 0 Å². The molecule has 0 amide bonds. The highest BCUT2D eigenvalue weighted by Crippen LogP contribution is 2.38. The number of aromatic nitrogens is 1. The van der Waals surface area contributed by atoms with Crippen LogP contribution in [0.5, 0.6) is 0 Å². The molecule has 1 aromatic heterocycles. The third-order valence-electron chi connectivity index (χ3n) is 4.51. The van der Waals surface area contributed by atoms with E-state index < -0.39 is 0 Å². The summed E-state index contributed by atoms with van der Waals surface area (Å²) in [6.07, 6.45) is 10.4. The van der Waals surface area contributed by atoms with E-state index in [9.17, 15) is 0 Å². The number of allylic oxidation sites excluding steroid dienone is 2. The molecule has 0 aliphatic heterocycles. The summed E-state index contributed by atoms with van der Waals surface area (Å²) in [5, 5.41) is 0. The van der Waals surface area contributed by atoms with Gasteiger partial charge in [-0.3, -0.25) is 4.98 Å². The van der Waals surface area contributed by atoms with Gasteiger partial charge in [-0.15, -0.1) is 0 Å². The van der Waals surface area contributed by atoms with Crippen molar-refractivity contribution in [3.8, 4) is 0 Å². The van der Waals surface area contributed by atoms with Crippen LogP contribution >= 0.6 is 0 Å². The van der Waals surface area contributed by atoms with E-state index in [0.717, 1.165) is 17.8 Å². The Labute approximate surface area is 118 Å². The van der Waals surface area contributed by atoms with E-state index in [1.54, 1.807) is 5.57 Å². The smallest absolute Gasteiger partial charge is 0.0305 e. The lowest BCUT2D eigenvalue weighted by Crippen LogP contribution is -2.20. The van der Waals surface area contributed by atoms with Gasteiger partial charge in [0.1, 0.15) is 0 Å². The molecule has 19 heavy (non-hydrogen) atoms. The summed E-state index contributed by atoms with van der Waals surface area (Å²) in [6, 6.07) is 4.22. The minimum absolute atomic E-state index is 0.482. The van der Waals surface area contributed by atoms with E-state index in [4.69, 9.17) is 0 Å². The van der Waals surface area contributed by atoms with E-state index in [-0.39, 0.29) is 0 Å². The summed E-state index contributed by atoms with van der Waals surface area (Å²) >= 11 is 0. The molecule has 0 saturated heterocycles. The maximum absolute atomic E-state index is 4.24. The van der Waals surface area contributed by atoms with Gasteiger partial charge in [-0.05, 0) is 48.6 Å². The highest BCUT2D eigenvalue weighted by Gasteiger charge is 2.25. The van der Waals surface area contributed by atoms with Crippen molar-refractivity contribution >= 4 is 0 Å². The fraction of sp³-hybridized carbons (Fsp3) is 0.611. The minimum atomic E-state index is 0.482. The molecular formula is C18H27N. The van der Waals surface area contributed by atoms with Crippen molar-refractivity contribution in [3.05, 3.63) is 41.7 Å². The Morgan fingerprint density at radius 2 is 2.05 bits per heavy atom. The van der Waals surface area contributed by atoms with Crippen LogP contribution in [0.25, 0.3) is 0 Å². The SMILES string of the molecule is CC(C)[C@@H]1CC[C@@H](C)C/C1=C\[C@H](C)c1cccnc1. The number of nitrogens with zero attached hydrogens (tertiary/aromatic N) is 1. The van der Waals surface area contributed by atoms with Crippen LogP contribution in [0.1, 0.15) is 58.4 Å². The molecule has 0 spiro atoms. The van der Waals surface area contributed by atoms with E-state index >= 15 is 0 Å². The first-order valence-corrected chi connectivity index (χ1v) is 7.68. The second-order valence-corrected chi connectivity index (χ2v) is 6.55. The van der Waals surface area contributed by atoms with E-state index in [0.29, 0.717) is 5.92 Å². The van der Waals surface area contributed by atoms with Crippen LogP contribution in [0, 0.1) is 17.8 Å². The molecule has 3 atom stereocenters. The number of rotatable bonds is 3. The minimum Gasteiger partial charge on any atom is -0.264 e. The largest absolute Gasteiger partial charge is 0.264 e. The van der Waals surface area contributed by atoms with Crippen LogP contribution in [-0.2, 0) is 0 Å².